The highest BCUT2D eigenvalue weighted by Gasteiger charge is 2.28. The minimum absolute atomic E-state index is 0.0366. The summed E-state index contributed by atoms with van der Waals surface area (Å²) in [5, 5.41) is 12.1. The van der Waals surface area contributed by atoms with E-state index in [1.165, 1.54) is 0 Å². The molecule has 0 heterocycles. The number of nitrogens with zero attached hydrogens (tertiary/aromatic N) is 1. The van der Waals surface area contributed by atoms with Crippen molar-refractivity contribution in [1.82, 2.24) is 10.2 Å². The Balaban J connectivity index is 1.96. The van der Waals surface area contributed by atoms with Gasteiger partial charge in [-0.3, -0.25) is 4.79 Å². The number of urea groups is 1. The number of methoxy groups -OCH3 is 1. The molecule has 1 aliphatic carbocycles. The van der Waals surface area contributed by atoms with E-state index in [4.69, 9.17) is 9.84 Å². The predicted octanol–water partition coefficient (Wildman–Crippen LogP) is 3.43. The molecule has 0 saturated heterocycles. The maximum absolute atomic E-state index is 12.6. The van der Waals surface area contributed by atoms with Crippen LogP contribution in [-0.4, -0.2) is 42.2 Å². The SMILES string of the molecule is CCC(c1cccc(OC)c1)N(C)C(=O)NC1CCC(C(=O)O)CC1. The molecule has 1 aliphatic rings. The lowest BCUT2D eigenvalue weighted by molar-refractivity contribution is -0.142. The Hall–Kier alpha value is -2.24. The van der Waals surface area contributed by atoms with Gasteiger partial charge >= 0.3 is 12.0 Å². The summed E-state index contributed by atoms with van der Waals surface area (Å²) in [5.74, 6) is -0.228. The molecule has 1 aromatic rings. The number of carbonyl (C=O) groups excluding carboxylic acids is 1. The van der Waals surface area contributed by atoms with Crippen LogP contribution in [0.25, 0.3) is 0 Å². The number of carbonyl (C=O) groups is 2. The first-order valence-corrected chi connectivity index (χ1v) is 8.86. The van der Waals surface area contributed by atoms with Crippen molar-refractivity contribution >= 4 is 12.0 Å². The molecule has 2 amide bonds. The number of nitrogens with one attached hydrogen (secondary N) is 1. The molecule has 1 unspecified atom stereocenters. The van der Waals surface area contributed by atoms with E-state index < -0.39 is 5.97 Å². The molecule has 1 aromatic carbocycles. The molecule has 1 saturated carbocycles. The number of aliphatic carboxylic acids is 1. The molecule has 1 fully saturated rings. The summed E-state index contributed by atoms with van der Waals surface area (Å²) in [7, 11) is 3.43. The summed E-state index contributed by atoms with van der Waals surface area (Å²) in [6.45, 7) is 2.05. The molecule has 0 spiro atoms. The fraction of sp³-hybridized carbons (Fsp3) is 0.579. The van der Waals surface area contributed by atoms with Crippen LogP contribution in [0, 0.1) is 5.92 Å². The van der Waals surface area contributed by atoms with Crippen molar-refractivity contribution in [3.63, 3.8) is 0 Å². The van der Waals surface area contributed by atoms with Crippen LogP contribution in [0.1, 0.15) is 50.6 Å². The Bertz CT molecular complexity index is 597. The molecule has 2 rings (SSSR count). The van der Waals surface area contributed by atoms with Gasteiger partial charge in [0.25, 0.3) is 0 Å². The minimum Gasteiger partial charge on any atom is -0.497 e. The molecule has 2 N–H and O–H groups in total. The molecule has 25 heavy (non-hydrogen) atoms. The third-order valence-electron chi connectivity index (χ3n) is 5.06. The van der Waals surface area contributed by atoms with E-state index in [-0.39, 0.29) is 24.0 Å². The van der Waals surface area contributed by atoms with Gasteiger partial charge in [-0.15, -0.1) is 0 Å². The van der Waals surface area contributed by atoms with Crippen LogP contribution in [0.4, 0.5) is 4.79 Å². The fourth-order valence-electron chi connectivity index (χ4n) is 3.48. The molecule has 6 heteroatoms. The van der Waals surface area contributed by atoms with Gasteiger partial charge in [0.1, 0.15) is 5.75 Å². The molecule has 0 bridgehead atoms. The Morgan fingerprint density at radius 2 is 2.00 bits per heavy atom. The van der Waals surface area contributed by atoms with E-state index in [2.05, 4.69) is 5.32 Å². The normalized spacial score (nSPS) is 21.2. The third kappa shape index (κ3) is 4.87. The lowest BCUT2D eigenvalue weighted by atomic mass is 9.86. The van der Waals surface area contributed by atoms with Gasteiger partial charge in [-0.05, 0) is 49.8 Å². The van der Waals surface area contributed by atoms with Crippen molar-refractivity contribution in [2.45, 2.75) is 51.1 Å². The largest absolute Gasteiger partial charge is 0.497 e. The number of carboxylic acids is 1. The Kier molecular flexibility index (Phi) is 6.67. The fourth-order valence-corrected chi connectivity index (χ4v) is 3.48. The average molecular weight is 348 g/mol. The predicted molar refractivity (Wildman–Crippen MR) is 95.7 cm³/mol. The molecule has 0 aromatic heterocycles. The number of rotatable bonds is 6. The first-order valence-electron chi connectivity index (χ1n) is 8.86. The number of carboxylic acid groups (broad SMARTS) is 1. The minimum atomic E-state index is -0.731. The summed E-state index contributed by atoms with van der Waals surface area (Å²) in [6, 6.07) is 7.66. The molecular weight excluding hydrogens is 320 g/mol. The number of benzene rings is 1. The van der Waals surface area contributed by atoms with Crippen LogP contribution >= 0.6 is 0 Å². The van der Waals surface area contributed by atoms with Crippen LogP contribution in [0.3, 0.4) is 0 Å². The second-order valence-electron chi connectivity index (χ2n) is 6.65. The first-order chi connectivity index (χ1) is 12.0. The summed E-state index contributed by atoms with van der Waals surface area (Å²) in [5.41, 5.74) is 1.04. The number of ether oxygens (including phenoxy) is 1. The Morgan fingerprint density at radius 3 is 2.56 bits per heavy atom. The van der Waals surface area contributed by atoms with E-state index >= 15 is 0 Å². The summed E-state index contributed by atoms with van der Waals surface area (Å²) < 4.78 is 5.27. The number of hydrogen-bond donors (Lipinski definition) is 2. The van der Waals surface area contributed by atoms with Gasteiger partial charge in [0.2, 0.25) is 0 Å². The zero-order chi connectivity index (χ0) is 18.4. The van der Waals surface area contributed by atoms with Crippen molar-refractivity contribution in [2.24, 2.45) is 5.92 Å². The van der Waals surface area contributed by atoms with Gasteiger partial charge in [-0.1, -0.05) is 19.1 Å². The zero-order valence-corrected chi connectivity index (χ0v) is 15.2. The van der Waals surface area contributed by atoms with Gasteiger partial charge in [0.05, 0.1) is 19.1 Å². The van der Waals surface area contributed by atoms with Crippen LogP contribution in [0.5, 0.6) is 5.75 Å². The van der Waals surface area contributed by atoms with Crippen LogP contribution < -0.4 is 10.1 Å². The van der Waals surface area contributed by atoms with Gasteiger partial charge < -0.3 is 20.1 Å². The third-order valence-corrected chi connectivity index (χ3v) is 5.06. The lowest BCUT2D eigenvalue weighted by Crippen LogP contribution is -2.46. The molecule has 138 valence electrons. The van der Waals surface area contributed by atoms with Crippen molar-refractivity contribution < 1.29 is 19.4 Å². The molecular formula is C19H28N2O4. The van der Waals surface area contributed by atoms with Gasteiger partial charge in [-0.2, -0.15) is 0 Å². The smallest absolute Gasteiger partial charge is 0.317 e. The van der Waals surface area contributed by atoms with Crippen LogP contribution in [0.2, 0.25) is 0 Å². The molecule has 0 radical (unpaired) electrons. The van der Waals surface area contributed by atoms with E-state index in [9.17, 15) is 9.59 Å². The van der Waals surface area contributed by atoms with Crippen molar-refractivity contribution in [3.8, 4) is 5.75 Å². The van der Waals surface area contributed by atoms with Crippen molar-refractivity contribution in [3.05, 3.63) is 29.8 Å². The maximum atomic E-state index is 12.6. The molecule has 0 aliphatic heterocycles. The lowest BCUT2D eigenvalue weighted by Gasteiger charge is -2.32. The van der Waals surface area contributed by atoms with E-state index in [1.807, 2.05) is 31.2 Å². The summed E-state index contributed by atoms with van der Waals surface area (Å²) in [4.78, 5) is 25.4. The second-order valence-corrected chi connectivity index (χ2v) is 6.65. The van der Waals surface area contributed by atoms with E-state index in [0.717, 1.165) is 17.7 Å². The average Bonchev–Trinajstić information content (AvgIpc) is 2.62. The van der Waals surface area contributed by atoms with Crippen LogP contribution in [0.15, 0.2) is 24.3 Å². The highest BCUT2D eigenvalue weighted by atomic mass is 16.5. The quantitative estimate of drug-likeness (QED) is 0.825. The summed E-state index contributed by atoms with van der Waals surface area (Å²) in [6.07, 6.45) is 3.47. The Morgan fingerprint density at radius 1 is 1.32 bits per heavy atom. The van der Waals surface area contributed by atoms with Crippen molar-refractivity contribution in [1.29, 1.82) is 0 Å². The maximum Gasteiger partial charge on any atom is 0.317 e. The first kappa shape index (κ1) is 19.1. The van der Waals surface area contributed by atoms with Gasteiger partial charge in [0, 0.05) is 13.1 Å². The Labute approximate surface area is 149 Å². The highest BCUT2D eigenvalue weighted by molar-refractivity contribution is 5.75. The summed E-state index contributed by atoms with van der Waals surface area (Å²) >= 11 is 0. The monoisotopic (exact) mass is 348 g/mol. The van der Waals surface area contributed by atoms with E-state index in [0.29, 0.717) is 25.7 Å². The topological polar surface area (TPSA) is 78.9 Å². The highest BCUT2D eigenvalue weighted by Crippen LogP contribution is 2.27. The van der Waals surface area contributed by atoms with E-state index in [1.54, 1.807) is 19.1 Å². The van der Waals surface area contributed by atoms with Crippen molar-refractivity contribution in [2.75, 3.05) is 14.2 Å². The zero-order valence-electron chi connectivity index (χ0n) is 15.2. The van der Waals surface area contributed by atoms with Crippen LogP contribution in [-0.2, 0) is 4.79 Å². The van der Waals surface area contributed by atoms with Gasteiger partial charge in [0.15, 0.2) is 0 Å². The molecule has 1 atom stereocenters. The standard InChI is InChI=1S/C19H28N2O4/c1-4-17(14-6-5-7-16(12-14)25-3)21(2)19(24)20-15-10-8-13(9-11-15)18(22)23/h5-7,12-13,15,17H,4,8-11H2,1-3H3,(H,20,24)(H,22,23). The number of hydrogen-bond acceptors (Lipinski definition) is 3. The molecule has 6 nitrogen and oxygen atoms in total. The van der Waals surface area contributed by atoms with Gasteiger partial charge in [-0.25, -0.2) is 4.79 Å². The second kappa shape index (κ2) is 8.74. The number of amides is 2.